The van der Waals surface area contributed by atoms with E-state index in [1.165, 1.54) is 18.2 Å². The summed E-state index contributed by atoms with van der Waals surface area (Å²) in [5.74, 6) is 0.871. The molecule has 0 aliphatic heterocycles. The molecular formula is C19H22O3S. The molecule has 0 atom stereocenters. The average molecular weight is 330 g/mol. The van der Waals surface area contributed by atoms with Gasteiger partial charge in [0, 0.05) is 10.5 Å². The van der Waals surface area contributed by atoms with E-state index in [1.54, 1.807) is 0 Å². The lowest BCUT2D eigenvalue weighted by atomic mass is 10.1. The quantitative estimate of drug-likeness (QED) is 0.550. The van der Waals surface area contributed by atoms with Gasteiger partial charge in [0.2, 0.25) is 0 Å². The number of methoxy groups -OCH3 is 1. The van der Waals surface area contributed by atoms with E-state index in [-0.39, 0.29) is 5.30 Å². The van der Waals surface area contributed by atoms with Gasteiger partial charge in [0.1, 0.15) is 12.4 Å². The van der Waals surface area contributed by atoms with Gasteiger partial charge in [-0.15, -0.1) is 0 Å². The van der Waals surface area contributed by atoms with E-state index in [0.29, 0.717) is 6.61 Å². The van der Waals surface area contributed by atoms with Crippen molar-refractivity contribution in [2.75, 3.05) is 7.11 Å². The van der Waals surface area contributed by atoms with Crippen molar-refractivity contribution in [3.8, 4) is 5.75 Å². The first-order valence-electron chi connectivity index (χ1n) is 7.61. The van der Waals surface area contributed by atoms with Crippen LogP contribution >= 0.6 is 11.8 Å². The van der Waals surface area contributed by atoms with Crippen LogP contribution in [0.2, 0.25) is 0 Å². The molecule has 0 unspecified atom stereocenters. The second-order valence-electron chi connectivity index (χ2n) is 5.36. The molecule has 0 N–H and O–H groups in total. The van der Waals surface area contributed by atoms with Gasteiger partial charge in [0.15, 0.2) is 0 Å². The topological polar surface area (TPSA) is 35.5 Å². The molecule has 2 aromatic rings. The molecule has 0 saturated heterocycles. The van der Waals surface area contributed by atoms with Crippen LogP contribution in [0.3, 0.4) is 0 Å². The van der Waals surface area contributed by atoms with Crippen LogP contribution in [0.15, 0.2) is 41.3 Å². The fourth-order valence-electron chi connectivity index (χ4n) is 2.44. The highest BCUT2D eigenvalue weighted by Crippen LogP contribution is 2.29. The molecule has 2 rings (SSSR count). The summed E-state index contributed by atoms with van der Waals surface area (Å²) in [6.45, 7) is 6.64. The number of rotatable bonds is 5. The van der Waals surface area contributed by atoms with E-state index in [0.717, 1.165) is 40.0 Å². The van der Waals surface area contributed by atoms with Gasteiger partial charge in [-0.2, -0.15) is 0 Å². The maximum Gasteiger partial charge on any atom is 0.371 e. The molecule has 23 heavy (non-hydrogen) atoms. The normalized spacial score (nSPS) is 10.4. The van der Waals surface area contributed by atoms with Crippen LogP contribution in [0.25, 0.3) is 0 Å². The third-order valence-corrected chi connectivity index (χ3v) is 4.61. The molecular weight excluding hydrogens is 308 g/mol. The zero-order valence-electron chi connectivity index (χ0n) is 14.0. The Balaban J connectivity index is 2.24. The lowest BCUT2D eigenvalue weighted by molar-refractivity contribution is 0.200. The van der Waals surface area contributed by atoms with E-state index in [2.05, 4.69) is 26.0 Å². The Bertz CT molecular complexity index is 695. The number of hydrogen-bond acceptors (Lipinski definition) is 4. The van der Waals surface area contributed by atoms with Gasteiger partial charge < -0.3 is 9.47 Å². The maximum absolute atomic E-state index is 11.6. The van der Waals surface area contributed by atoms with Crippen molar-refractivity contribution >= 4 is 17.1 Å². The summed E-state index contributed by atoms with van der Waals surface area (Å²) in [5.41, 5.74) is 4.56. The van der Waals surface area contributed by atoms with Gasteiger partial charge in [-0.1, -0.05) is 36.8 Å². The minimum absolute atomic E-state index is 0.314. The van der Waals surface area contributed by atoms with Gasteiger partial charge in [-0.05, 0) is 55.3 Å². The van der Waals surface area contributed by atoms with Crippen molar-refractivity contribution in [2.45, 2.75) is 38.7 Å². The summed E-state index contributed by atoms with van der Waals surface area (Å²) >= 11 is 1.10. The highest BCUT2D eigenvalue weighted by atomic mass is 32.2. The zero-order chi connectivity index (χ0) is 16.8. The second-order valence-corrected chi connectivity index (χ2v) is 6.34. The van der Waals surface area contributed by atoms with E-state index in [9.17, 15) is 4.79 Å². The first-order chi connectivity index (χ1) is 11.0. The van der Waals surface area contributed by atoms with Gasteiger partial charge in [-0.3, -0.25) is 0 Å². The van der Waals surface area contributed by atoms with Crippen LogP contribution in [0.1, 0.15) is 29.2 Å². The predicted octanol–water partition coefficient (Wildman–Crippen LogP) is 5.30. The number of thioether (sulfide) groups is 1. The standard InChI is InChI=1S/C19H22O3S/c1-5-15-7-6-8-18(23-19(20)21-4)16(15)12-22-17-10-9-13(2)11-14(17)3/h6-11H,5,12H2,1-4H3. The Morgan fingerprint density at radius 2 is 1.96 bits per heavy atom. The summed E-state index contributed by atoms with van der Waals surface area (Å²) < 4.78 is 10.8. The van der Waals surface area contributed by atoms with E-state index in [1.807, 2.05) is 31.2 Å². The third-order valence-electron chi connectivity index (χ3n) is 3.67. The summed E-state index contributed by atoms with van der Waals surface area (Å²) in [6, 6.07) is 12.1. The Morgan fingerprint density at radius 1 is 1.17 bits per heavy atom. The fraction of sp³-hybridized carbons (Fsp3) is 0.316. The zero-order valence-corrected chi connectivity index (χ0v) is 14.8. The van der Waals surface area contributed by atoms with E-state index < -0.39 is 0 Å². The van der Waals surface area contributed by atoms with E-state index in [4.69, 9.17) is 9.47 Å². The van der Waals surface area contributed by atoms with Crippen LogP contribution < -0.4 is 4.74 Å². The third kappa shape index (κ3) is 4.52. The molecule has 0 aliphatic carbocycles. The smallest absolute Gasteiger partial charge is 0.371 e. The lowest BCUT2D eigenvalue weighted by Gasteiger charge is -2.15. The molecule has 0 bridgehead atoms. The molecule has 0 radical (unpaired) electrons. The fourth-order valence-corrected chi connectivity index (χ4v) is 3.17. The van der Waals surface area contributed by atoms with Crippen molar-refractivity contribution < 1.29 is 14.3 Å². The molecule has 0 heterocycles. The van der Waals surface area contributed by atoms with Gasteiger partial charge in [-0.25, -0.2) is 4.79 Å². The summed E-state index contributed by atoms with van der Waals surface area (Å²) in [6.07, 6.45) is 0.890. The summed E-state index contributed by atoms with van der Waals surface area (Å²) in [4.78, 5) is 12.5. The van der Waals surface area contributed by atoms with Crippen LogP contribution in [0.5, 0.6) is 5.75 Å². The Morgan fingerprint density at radius 3 is 2.61 bits per heavy atom. The summed E-state index contributed by atoms with van der Waals surface area (Å²) in [7, 11) is 1.39. The molecule has 4 heteroatoms. The van der Waals surface area contributed by atoms with Crippen molar-refractivity contribution in [3.63, 3.8) is 0 Å². The van der Waals surface area contributed by atoms with Gasteiger partial charge in [0.05, 0.1) is 7.11 Å². The molecule has 0 aliphatic rings. The Hall–Kier alpha value is -1.94. The predicted molar refractivity (Wildman–Crippen MR) is 94.3 cm³/mol. The number of ether oxygens (including phenoxy) is 2. The molecule has 0 saturated carbocycles. The Labute approximate surface area is 142 Å². The first-order valence-corrected chi connectivity index (χ1v) is 8.43. The molecule has 2 aromatic carbocycles. The number of benzene rings is 2. The van der Waals surface area contributed by atoms with Crippen LogP contribution in [-0.4, -0.2) is 12.4 Å². The number of carbonyl (C=O) groups excluding carboxylic acids is 1. The highest BCUT2D eigenvalue weighted by Gasteiger charge is 2.13. The minimum atomic E-state index is -0.314. The number of carbonyl (C=O) groups is 1. The average Bonchev–Trinajstić information content (AvgIpc) is 2.54. The molecule has 3 nitrogen and oxygen atoms in total. The SMILES string of the molecule is CCc1cccc(SC(=O)OC)c1COc1ccc(C)cc1C. The van der Waals surface area contributed by atoms with Gasteiger partial charge in [0.25, 0.3) is 0 Å². The molecule has 0 spiro atoms. The largest absolute Gasteiger partial charge is 0.489 e. The minimum Gasteiger partial charge on any atom is -0.489 e. The molecule has 122 valence electrons. The maximum atomic E-state index is 11.6. The van der Waals surface area contributed by atoms with Crippen molar-refractivity contribution in [1.29, 1.82) is 0 Å². The Kier molecular flexibility index (Phi) is 6.11. The highest BCUT2D eigenvalue weighted by molar-refractivity contribution is 8.13. The number of hydrogen-bond donors (Lipinski definition) is 0. The van der Waals surface area contributed by atoms with Crippen LogP contribution in [0, 0.1) is 13.8 Å². The van der Waals surface area contributed by atoms with E-state index >= 15 is 0 Å². The number of aryl methyl sites for hydroxylation is 3. The van der Waals surface area contributed by atoms with Crippen molar-refractivity contribution in [3.05, 3.63) is 58.7 Å². The van der Waals surface area contributed by atoms with Crippen LogP contribution in [0.4, 0.5) is 4.79 Å². The lowest BCUT2D eigenvalue weighted by Crippen LogP contribution is -2.04. The molecule has 0 amide bonds. The molecule has 0 fully saturated rings. The second kappa shape index (κ2) is 8.06. The first kappa shape index (κ1) is 17.4. The molecule has 0 aromatic heterocycles. The van der Waals surface area contributed by atoms with Crippen molar-refractivity contribution in [1.82, 2.24) is 0 Å². The monoisotopic (exact) mass is 330 g/mol. The summed E-state index contributed by atoms with van der Waals surface area (Å²) in [5, 5.41) is -0.314. The van der Waals surface area contributed by atoms with Gasteiger partial charge >= 0.3 is 5.30 Å². The van der Waals surface area contributed by atoms with Crippen molar-refractivity contribution in [2.24, 2.45) is 0 Å². The van der Waals surface area contributed by atoms with Crippen LogP contribution in [-0.2, 0) is 17.8 Å².